The van der Waals surface area contributed by atoms with Crippen molar-refractivity contribution in [2.45, 2.75) is 6.42 Å². The van der Waals surface area contributed by atoms with Crippen LogP contribution in [0.5, 0.6) is 0 Å². The molecule has 0 fully saturated rings. The lowest BCUT2D eigenvalue weighted by atomic mass is 10.2. The lowest BCUT2D eigenvalue weighted by molar-refractivity contribution is 0.0947. The number of fused-ring (bicyclic) bond motifs is 1. The molecule has 5 rings (SSSR count). The molecule has 0 bridgehead atoms. The van der Waals surface area contributed by atoms with Crippen molar-refractivity contribution in [3.05, 3.63) is 66.1 Å². The molecule has 4 aromatic rings. The number of hydrogen-bond donors (Lipinski definition) is 2. The summed E-state index contributed by atoms with van der Waals surface area (Å²) in [7, 11) is 0. The van der Waals surface area contributed by atoms with E-state index in [-0.39, 0.29) is 35.3 Å². The Kier molecular flexibility index (Phi) is 4.28. The number of benzene rings is 2. The second kappa shape index (κ2) is 7.24. The Morgan fingerprint density at radius 3 is 2.63 bits per heavy atom. The summed E-state index contributed by atoms with van der Waals surface area (Å²) in [4.78, 5) is 31.1. The van der Waals surface area contributed by atoms with Gasteiger partial charge >= 0.3 is 11.8 Å². The van der Waals surface area contributed by atoms with Gasteiger partial charge in [0.05, 0.1) is 0 Å². The van der Waals surface area contributed by atoms with Gasteiger partial charge in [-0.1, -0.05) is 41.6 Å². The molecule has 0 atom stereocenters. The van der Waals surface area contributed by atoms with Crippen LogP contribution in [0, 0.1) is 0 Å². The normalized spacial score (nSPS) is 12.6. The number of hydrogen-bond acceptors (Lipinski definition) is 9. The highest BCUT2D eigenvalue weighted by atomic mass is 16.5. The molecule has 0 saturated carbocycles. The number of nitrogen functional groups attached to an aromatic ring is 1. The maximum atomic E-state index is 12.9. The molecule has 3 heterocycles. The van der Waals surface area contributed by atoms with Crippen LogP contribution in [0.15, 0.2) is 59.1 Å². The van der Waals surface area contributed by atoms with Gasteiger partial charge in [0.1, 0.15) is 0 Å². The second-order valence-electron chi connectivity index (χ2n) is 6.59. The van der Waals surface area contributed by atoms with Gasteiger partial charge in [0, 0.05) is 17.9 Å². The smallest absolute Gasteiger partial charge is 0.316 e. The molecule has 1 amide bonds. The third kappa shape index (κ3) is 3.30. The number of carbonyl (C=O) groups is 1. The Hall–Kier alpha value is -4.34. The first-order valence-electron chi connectivity index (χ1n) is 9.25. The van der Waals surface area contributed by atoms with Gasteiger partial charge in [-0.15, -0.1) is 0 Å². The minimum atomic E-state index is -0.372. The summed E-state index contributed by atoms with van der Waals surface area (Å²) in [5, 5.41) is 6.89. The molecule has 1 aliphatic rings. The lowest BCUT2D eigenvalue weighted by Gasteiger charge is -2.14. The van der Waals surface area contributed by atoms with Crippen LogP contribution in [0.3, 0.4) is 0 Å². The Bertz CT molecular complexity index is 1220. The standard InChI is InChI=1S/C20H16N8O2/c21-19-24-15(25-20(26-19)22-13-7-2-1-3-8-13)16-23-17(30-27-16)18(29)28-11-10-12-6-4-5-9-14(12)28/h1-9H,10-11H2,(H3,21,22,24,25,26). The summed E-state index contributed by atoms with van der Waals surface area (Å²) in [6.45, 7) is 0.555. The zero-order valence-electron chi connectivity index (χ0n) is 15.7. The molecule has 30 heavy (non-hydrogen) atoms. The molecule has 2 aromatic heterocycles. The molecule has 2 aromatic carbocycles. The minimum Gasteiger partial charge on any atom is -0.368 e. The fourth-order valence-corrected chi connectivity index (χ4v) is 3.26. The fourth-order valence-electron chi connectivity index (χ4n) is 3.26. The van der Waals surface area contributed by atoms with Crippen LogP contribution in [0.1, 0.15) is 16.2 Å². The summed E-state index contributed by atoms with van der Waals surface area (Å²) in [6.07, 6.45) is 0.779. The summed E-state index contributed by atoms with van der Waals surface area (Å²) in [5.74, 6) is -0.136. The molecule has 3 N–H and O–H groups in total. The summed E-state index contributed by atoms with van der Waals surface area (Å²) in [6, 6.07) is 17.1. The Morgan fingerprint density at radius 2 is 1.77 bits per heavy atom. The van der Waals surface area contributed by atoms with Crippen LogP contribution >= 0.6 is 0 Å². The maximum absolute atomic E-state index is 12.9. The second-order valence-corrected chi connectivity index (χ2v) is 6.59. The van der Waals surface area contributed by atoms with Crippen LogP contribution in [-0.2, 0) is 6.42 Å². The lowest BCUT2D eigenvalue weighted by Crippen LogP contribution is -2.29. The van der Waals surface area contributed by atoms with E-state index in [0.717, 1.165) is 23.4 Å². The highest BCUT2D eigenvalue weighted by Crippen LogP contribution is 2.29. The highest BCUT2D eigenvalue weighted by Gasteiger charge is 2.29. The van der Waals surface area contributed by atoms with E-state index in [9.17, 15) is 4.79 Å². The highest BCUT2D eigenvalue weighted by molar-refractivity contribution is 6.04. The number of para-hydroxylation sites is 2. The van der Waals surface area contributed by atoms with Gasteiger partial charge in [-0.2, -0.15) is 19.9 Å². The van der Waals surface area contributed by atoms with E-state index in [1.165, 1.54) is 0 Å². The number of nitrogens with zero attached hydrogens (tertiary/aromatic N) is 6. The quantitative estimate of drug-likeness (QED) is 0.529. The average Bonchev–Trinajstić information content (AvgIpc) is 3.41. The fraction of sp³-hybridized carbons (Fsp3) is 0.100. The van der Waals surface area contributed by atoms with Gasteiger partial charge in [0.25, 0.3) is 0 Å². The van der Waals surface area contributed by atoms with E-state index in [4.69, 9.17) is 10.3 Å². The predicted molar refractivity (Wildman–Crippen MR) is 109 cm³/mol. The van der Waals surface area contributed by atoms with Gasteiger partial charge in [-0.3, -0.25) is 4.79 Å². The predicted octanol–water partition coefficient (Wildman–Crippen LogP) is 2.45. The van der Waals surface area contributed by atoms with Crippen LogP contribution < -0.4 is 16.0 Å². The number of amides is 1. The Labute approximate surface area is 170 Å². The zero-order valence-corrected chi connectivity index (χ0v) is 15.7. The minimum absolute atomic E-state index is 0.00965. The molecular weight excluding hydrogens is 384 g/mol. The van der Waals surface area contributed by atoms with E-state index in [2.05, 4.69) is 30.4 Å². The molecule has 148 valence electrons. The Balaban J connectivity index is 1.41. The molecule has 0 unspecified atom stereocenters. The topological polar surface area (TPSA) is 136 Å². The molecule has 0 spiro atoms. The largest absolute Gasteiger partial charge is 0.368 e. The molecule has 0 saturated heterocycles. The maximum Gasteiger partial charge on any atom is 0.316 e. The molecule has 10 nitrogen and oxygen atoms in total. The summed E-state index contributed by atoms with van der Waals surface area (Å²) < 4.78 is 5.19. The van der Waals surface area contributed by atoms with E-state index in [1.807, 2.05) is 54.6 Å². The summed E-state index contributed by atoms with van der Waals surface area (Å²) >= 11 is 0. The van der Waals surface area contributed by atoms with Gasteiger partial charge in [-0.25, -0.2) is 0 Å². The molecular formula is C20H16N8O2. The number of rotatable bonds is 4. The average molecular weight is 400 g/mol. The van der Waals surface area contributed by atoms with Crippen molar-refractivity contribution in [2.24, 2.45) is 0 Å². The van der Waals surface area contributed by atoms with Crippen molar-refractivity contribution >= 4 is 29.2 Å². The number of nitrogens with one attached hydrogen (secondary N) is 1. The van der Waals surface area contributed by atoms with Crippen molar-refractivity contribution in [1.82, 2.24) is 25.1 Å². The van der Waals surface area contributed by atoms with E-state index in [1.54, 1.807) is 4.90 Å². The van der Waals surface area contributed by atoms with Gasteiger partial charge in [-0.05, 0) is 30.2 Å². The van der Waals surface area contributed by atoms with Crippen molar-refractivity contribution < 1.29 is 9.32 Å². The SMILES string of the molecule is Nc1nc(Nc2ccccc2)nc(-c2noc(C(=O)N3CCc4ccccc43)n2)n1. The molecule has 1 aliphatic heterocycles. The molecule has 0 aliphatic carbocycles. The van der Waals surface area contributed by atoms with Crippen LogP contribution in [-0.4, -0.2) is 37.5 Å². The van der Waals surface area contributed by atoms with Crippen LogP contribution in [0.25, 0.3) is 11.6 Å². The van der Waals surface area contributed by atoms with Crippen molar-refractivity contribution in [3.8, 4) is 11.6 Å². The number of anilines is 4. The zero-order chi connectivity index (χ0) is 20.5. The molecule has 0 radical (unpaired) electrons. The third-order valence-corrected chi connectivity index (χ3v) is 4.62. The first kappa shape index (κ1) is 17.7. The van der Waals surface area contributed by atoms with Crippen LogP contribution in [0.4, 0.5) is 23.3 Å². The van der Waals surface area contributed by atoms with Crippen LogP contribution in [0.2, 0.25) is 0 Å². The van der Waals surface area contributed by atoms with Gasteiger partial charge in [0.15, 0.2) is 0 Å². The van der Waals surface area contributed by atoms with Crippen molar-refractivity contribution in [1.29, 1.82) is 0 Å². The third-order valence-electron chi connectivity index (χ3n) is 4.62. The monoisotopic (exact) mass is 400 g/mol. The first-order chi connectivity index (χ1) is 14.7. The number of carbonyl (C=O) groups excluding carboxylic acids is 1. The summed E-state index contributed by atoms with van der Waals surface area (Å²) in [5.41, 5.74) is 8.54. The Morgan fingerprint density at radius 1 is 0.967 bits per heavy atom. The van der Waals surface area contributed by atoms with E-state index < -0.39 is 0 Å². The van der Waals surface area contributed by atoms with E-state index in [0.29, 0.717) is 6.54 Å². The number of nitrogens with two attached hydrogens (primary N) is 1. The van der Waals surface area contributed by atoms with Gasteiger partial charge < -0.3 is 20.5 Å². The molecule has 10 heteroatoms. The number of aromatic nitrogens is 5. The van der Waals surface area contributed by atoms with E-state index >= 15 is 0 Å². The van der Waals surface area contributed by atoms with Crippen molar-refractivity contribution in [2.75, 3.05) is 22.5 Å². The first-order valence-corrected chi connectivity index (χ1v) is 9.25. The van der Waals surface area contributed by atoms with Gasteiger partial charge in [0.2, 0.25) is 23.5 Å². The van der Waals surface area contributed by atoms with Crippen molar-refractivity contribution in [3.63, 3.8) is 0 Å².